The van der Waals surface area contributed by atoms with Crippen LogP contribution in [0, 0.1) is 25.2 Å². The highest BCUT2D eigenvalue weighted by Crippen LogP contribution is 2.33. The summed E-state index contributed by atoms with van der Waals surface area (Å²) in [6, 6.07) is 8.10. The van der Waals surface area contributed by atoms with Crippen LogP contribution in [0.1, 0.15) is 29.3 Å². The molecule has 0 radical (unpaired) electrons. The molecule has 1 aromatic heterocycles. The molecule has 1 aromatic carbocycles. The van der Waals surface area contributed by atoms with E-state index in [1.807, 2.05) is 6.07 Å². The predicted octanol–water partition coefficient (Wildman–Crippen LogP) is 3.84. The number of nitrogens with one attached hydrogen (secondary N) is 1. The van der Waals surface area contributed by atoms with Gasteiger partial charge >= 0.3 is 0 Å². The third kappa shape index (κ3) is 3.47. The van der Waals surface area contributed by atoms with Gasteiger partial charge in [0.2, 0.25) is 5.91 Å². The number of amides is 1. The van der Waals surface area contributed by atoms with E-state index < -0.39 is 0 Å². The highest BCUT2D eigenvalue weighted by molar-refractivity contribution is 7.16. The molecule has 5 heteroatoms. The van der Waals surface area contributed by atoms with Gasteiger partial charge in [0.1, 0.15) is 6.42 Å². The first-order chi connectivity index (χ1) is 10.0. The monoisotopic (exact) mass is 299 g/mol. The average molecular weight is 299 g/mol. The zero-order valence-electron chi connectivity index (χ0n) is 12.4. The van der Waals surface area contributed by atoms with Crippen LogP contribution in [0.25, 0.3) is 11.3 Å². The van der Waals surface area contributed by atoms with Crippen molar-refractivity contribution in [2.75, 3.05) is 5.32 Å². The number of benzene rings is 1. The maximum atomic E-state index is 11.5. The van der Waals surface area contributed by atoms with Gasteiger partial charge in [-0.2, -0.15) is 5.26 Å². The van der Waals surface area contributed by atoms with E-state index in [0.717, 1.165) is 22.6 Å². The summed E-state index contributed by atoms with van der Waals surface area (Å²) < 4.78 is 0. The van der Waals surface area contributed by atoms with Crippen molar-refractivity contribution in [3.63, 3.8) is 0 Å². The lowest BCUT2D eigenvalue weighted by Crippen LogP contribution is -2.09. The number of anilines is 1. The zero-order chi connectivity index (χ0) is 15.4. The quantitative estimate of drug-likeness (QED) is 0.932. The number of hydrogen-bond acceptors (Lipinski definition) is 4. The Morgan fingerprint density at radius 2 is 2.19 bits per heavy atom. The fourth-order valence-electron chi connectivity index (χ4n) is 2.17. The van der Waals surface area contributed by atoms with Crippen molar-refractivity contribution >= 4 is 22.4 Å². The van der Waals surface area contributed by atoms with Crippen LogP contribution in [-0.2, 0) is 11.2 Å². The third-order valence-electron chi connectivity index (χ3n) is 3.14. The van der Waals surface area contributed by atoms with Crippen LogP contribution in [0.3, 0.4) is 0 Å². The van der Waals surface area contributed by atoms with Gasteiger partial charge in [-0.3, -0.25) is 4.79 Å². The Balaban J connectivity index is 2.37. The first kappa shape index (κ1) is 15.2. The van der Waals surface area contributed by atoms with E-state index in [9.17, 15) is 4.79 Å². The lowest BCUT2D eigenvalue weighted by Gasteiger charge is -2.05. The second-order valence-corrected chi connectivity index (χ2v) is 5.93. The predicted molar refractivity (Wildman–Crippen MR) is 85.3 cm³/mol. The van der Waals surface area contributed by atoms with Crippen molar-refractivity contribution in [2.24, 2.45) is 0 Å². The molecule has 0 bridgehead atoms. The van der Waals surface area contributed by atoms with Gasteiger partial charge in [-0.05, 0) is 25.8 Å². The molecular weight excluding hydrogens is 282 g/mol. The average Bonchev–Trinajstić information content (AvgIpc) is 2.81. The Morgan fingerprint density at radius 1 is 1.43 bits per heavy atom. The summed E-state index contributed by atoms with van der Waals surface area (Å²) in [7, 11) is 0. The van der Waals surface area contributed by atoms with Crippen LogP contribution < -0.4 is 5.32 Å². The number of hydrogen-bond donors (Lipinski definition) is 1. The Morgan fingerprint density at radius 3 is 2.81 bits per heavy atom. The van der Waals surface area contributed by atoms with Crippen LogP contribution in [0.5, 0.6) is 0 Å². The van der Waals surface area contributed by atoms with Crippen molar-refractivity contribution in [1.29, 1.82) is 5.26 Å². The lowest BCUT2D eigenvalue weighted by molar-refractivity contribution is -0.115. The molecule has 0 aliphatic rings. The number of carbonyl (C=O) groups is 1. The van der Waals surface area contributed by atoms with Gasteiger partial charge in [-0.25, -0.2) is 4.98 Å². The Hall–Kier alpha value is -2.19. The van der Waals surface area contributed by atoms with Crippen LogP contribution in [-0.4, -0.2) is 10.9 Å². The summed E-state index contributed by atoms with van der Waals surface area (Å²) in [5.41, 5.74) is 4.40. The summed E-state index contributed by atoms with van der Waals surface area (Å²) >= 11 is 1.47. The van der Waals surface area contributed by atoms with Crippen molar-refractivity contribution < 1.29 is 4.79 Å². The molecule has 0 fully saturated rings. The number of nitrogens with zero attached hydrogens (tertiary/aromatic N) is 2. The van der Waals surface area contributed by atoms with Gasteiger partial charge in [0.15, 0.2) is 5.13 Å². The Bertz CT molecular complexity index is 713. The molecule has 0 saturated carbocycles. The molecule has 1 heterocycles. The van der Waals surface area contributed by atoms with E-state index >= 15 is 0 Å². The summed E-state index contributed by atoms with van der Waals surface area (Å²) in [4.78, 5) is 17.2. The van der Waals surface area contributed by atoms with E-state index in [1.165, 1.54) is 22.5 Å². The highest BCUT2D eigenvalue weighted by atomic mass is 32.1. The first-order valence-corrected chi connectivity index (χ1v) is 7.61. The molecule has 21 heavy (non-hydrogen) atoms. The molecule has 0 spiro atoms. The molecule has 0 atom stereocenters. The second-order valence-electron chi connectivity index (χ2n) is 4.85. The van der Waals surface area contributed by atoms with E-state index in [4.69, 9.17) is 5.26 Å². The second kappa shape index (κ2) is 6.51. The number of aryl methyl sites for hydroxylation is 3. The molecule has 1 N–H and O–H groups in total. The van der Waals surface area contributed by atoms with Crippen molar-refractivity contribution in [3.05, 3.63) is 34.2 Å². The van der Waals surface area contributed by atoms with Crippen molar-refractivity contribution in [2.45, 2.75) is 33.6 Å². The standard InChI is InChI=1S/C16H17N3OS/c1-4-13-15(12-6-5-10(2)9-11(12)3)19-16(21-13)18-14(20)7-8-17/h5-6,9H,4,7H2,1-3H3,(H,18,19,20). The zero-order valence-corrected chi connectivity index (χ0v) is 13.2. The fraction of sp³-hybridized carbons (Fsp3) is 0.312. The van der Waals surface area contributed by atoms with E-state index in [-0.39, 0.29) is 12.3 Å². The molecule has 4 nitrogen and oxygen atoms in total. The largest absolute Gasteiger partial charge is 0.301 e. The first-order valence-electron chi connectivity index (χ1n) is 6.79. The van der Waals surface area contributed by atoms with Crippen LogP contribution >= 0.6 is 11.3 Å². The van der Waals surface area contributed by atoms with Gasteiger partial charge in [0.25, 0.3) is 0 Å². The fourth-order valence-corrected chi connectivity index (χ4v) is 3.10. The van der Waals surface area contributed by atoms with E-state index in [2.05, 4.69) is 49.3 Å². The molecule has 1 amide bonds. The summed E-state index contributed by atoms with van der Waals surface area (Å²) in [5, 5.41) is 11.8. The Labute approximate surface area is 128 Å². The van der Waals surface area contributed by atoms with Gasteiger partial charge < -0.3 is 5.32 Å². The maximum absolute atomic E-state index is 11.5. The number of nitriles is 1. The smallest absolute Gasteiger partial charge is 0.240 e. The van der Waals surface area contributed by atoms with Crippen LogP contribution in [0.2, 0.25) is 0 Å². The van der Waals surface area contributed by atoms with Gasteiger partial charge in [0.05, 0.1) is 11.8 Å². The molecule has 108 valence electrons. The minimum atomic E-state index is -0.318. The molecule has 0 unspecified atom stereocenters. The number of thiazole rings is 1. The normalized spacial score (nSPS) is 10.2. The Kier molecular flexibility index (Phi) is 4.71. The van der Waals surface area contributed by atoms with Gasteiger partial charge in [-0.1, -0.05) is 30.7 Å². The SMILES string of the molecule is CCc1sc(NC(=O)CC#N)nc1-c1ccc(C)cc1C. The topological polar surface area (TPSA) is 65.8 Å². The highest BCUT2D eigenvalue weighted by Gasteiger charge is 2.15. The maximum Gasteiger partial charge on any atom is 0.240 e. The minimum absolute atomic E-state index is 0.153. The van der Waals surface area contributed by atoms with Crippen molar-refractivity contribution in [1.82, 2.24) is 4.98 Å². The number of carbonyl (C=O) groups excluding carboxylic acids is 1. The van der Waals surface area contributed by atoms with E-state index in [0.29, 0.717) is 5.13 Å². The van der Waals surface area contributed by atoms with Crippen LogP contribution in [0.15, 0.2) is 18.2 Å². The summed E-state index contributed by atoms with van der Waals surface area (Å²) in [6.07, 6.45) is 0.703. The van der Waals surface area contributed by atoms with Gasteiger partial charge in [0, 0.05) is 10.4 Å². The minimum Gasteiger partial charge on any atom is -0.301 e. The summed E-state index contributed by atoms with van der Waals surface area (Å²) in [5.74, 6) is -0.318. The van der Waals surface area contributed by atoms with Crippen molar-refractivity contribution in [3.8, 4) is 17.3 Å². The molecular formula is C16H17N3OS. The molecule has 2 rings (SSSR count). The van der Waals surface area contributed by atoms with Crippen LogP contribution in [0.4, 0.5) is 5.13 Å². The molecule has 0 aliphatic heterocycles. The number of rotatable bonds is 4. The molecule has 0 aliphatic carbocycles. The number of aromatic nitrogens is 1. The van der Waals surface area contributed by atoms with E-state index in [1.54, 1.807) is 0 Å². The summed E-state index contributed by atoms with van der Waals surface area (Å²) in [6.45, 7) is 6.20. The molecule has 2 aromatic rings. The third-order valence-corrected chi connectivity index (χ3v) is 4.26. The van der Waals surface area contributed by atoms with Gasteiger partial charge in [-0.15, -0.1) is 11.3 Å². The lowest BCUT2D eigenvalue weighted by atomic mass is 10.0. The molecule has 0 saturated heterocycles.